The van der Waals surface area contributed by atoms with Crippen molar-refractivity contribution in [3.05, 3.63) is 72.4 Å². The summed E-state index contributed by atoms with van der Waals surface area (Å²) in [5.74, 6) is -1.05. The van der Waals surface area contributed by atoms with E-state index in [0.29, 0.717) is 43.0 Å². The number of nitrogens with zero attached hydrogens (tertiary/aromatic N) is 1. The molecule has 9 heteroatoms. The molecule has 0 unspecified atom stereocenters. The van der Waals surface area contributed by atoms with Gasteiger partial charge in [0, 0.05) is 38.5 Å². The van der Waals surface area contributed by atoms with Gasteiger partial charge in [0.2, 0.25) is 0 Å². The van der Waals surface area contributed by atoms with Gasteiger partial charge in [-0.05, 0) is 30.3 Å². The van der Waals surface area contributed by atoms with Crippen LogP contribution in [0.3, 0.4) is 0 Å². The molecule has 2 aromatic carbocycles. The summed E-state index contributed by atoms with van der Waals surface area (Å²) in [7, 11) is 0. The standard InChI is InChI=1S/C19H9Cl6NO2/c20-9-2-11(18(24)14(22)4-9)8-1-12(16(26-7-8)6-17(27)28)13-3-10(21)5-15(23)19(13)25/h1-5,7H,6H2,(H,27,28). The van der Waals surface area contributed by atoms with E-state index < -0.39 is 5.97 Å². The smallest absolute Gasteiger partial charge is 0.309 e. The van der Waals surface area contributed by atoms with Crippen LogP contribution in [0, 0.1) is 0 Å². The number of pyridine rings is 1. The lowest BCUT2D eigenvalue weighted by Crippen LogP contribution is -2.05. The average Bonchev–Trinajstić information content (AvgIpc) is 2.61. The molecule has 3 nitrogen and oxygen atoms in total. The fourth-order valence-electron chi connectivity index (χ4n) is 2.68. The summed E-state index contributed by atoms with van der Waals surface area (Å²) in [4.78, 5) is 15.6. The maximum Gasteiger partial charge on any atom is 0.309 e. The maximum atomic E-state index is 11.3. The molecule has 28 heavy (non-hydrogen) atoms. The first-order valence-corrected chi connectivity index (χ1v) is 9.94. The fourth-order valence-corrected chi connectivity index (χ4v) is 4.09. The number of carboxylic acids is 1. The summed E-state index contributed by atoms with van der Waals surface area (Å²) in [6.45, 7) is 0. The molecule has 0 aliphatic heterocycles. The van der Waals surface area contributed by atoms with Crippen LogP contribution < -0.4 is 0 Å². The third-order valence-electron chi connectivity index (χ3n) is 3.88. The molecule has 1 aromatic heterocycles. The Bertz CT molecular complexity index is 1100. The number of aromatic nitrogens is 1. The predicted octanol–water partition coefficient (Wildman–Crippen LogP) is 7.96. The molecule has 3 aromatic rings. The Morgan fingerprint density at radius 3 is 1.89 bits per heavy atom. The highest BCUT2D eigenvalue weighted by molar-refractivity contribution is 6.46. The van der Waals surface area contributed by atoms with Crippen molar-refractivity contribution in [1.29, 1.82) is 0 Å². The zero-order valence-electron chi connectivity index (χ0n) is 13.7. The minimum absolute atomic E-state index is 0.229. The third-order valence-corrected chi connectivity index (χ3v) is 5.92. The predicted molar refractivity (Wildman–Crippen MR) is 117 cm³/mol. The highest BCUT2D eigenvalue weighted by Crippen LogP contribution is 2.41. The third kappa shape index (κ3) is 4.51. The minimum atomic E-state index is -1.05. The van der Waals surface area contributed by atoms with Gasteiger partial charge in [-0.15, -0.1) is 0 Å². The monoisotopic (exact) mass is 493 g/mol. The molecule has 0 amide bonds. The van der Waals surface area contributed by atoms with Crippen LogP contribution in [-0.4, -0.2) is 16.1 Å². The second-order valence-corrected chi connectivity index (χ2v) is 8.23. The molecule has 0 saturated carbocycles. The Morgan fingerprint density at radius 2 is 1.32 bits per heavy atom. The second-order valence-electron chi connectivity index (χ2n) is 5.79. The minimum Gasteiger partial charge on any atom is -0.481 e. The van der Waals surface area contributed by atoms with Gasteiger partial charge >= 0.3 is 5.97 Å². The number of hydrogen-bond donors (Lipinski definition) is 1. The summed E-state index contributed by atoms with van der Waals surface area (Å²) in [6.07, 6.45) is 1.18. The van der Waals surface area contributed by atoms with Crippen LogP contribution in [-0.2, 0) is 11.2 Å². The number of hydrogen-bond acceptors (Lipinski definition) is 2. The molecule has 0 radical (unpaired) electrons. The molecule has 0 saturated heterocycles. The van der Waals surface area contributed by atoms with Crippen molar-refractivity contribution in [2.75, 3.05) is 0 Å². The van der Waals surface area contributed by atoms with E-state index in [9.17, 15) is 9.90 Å². The lowest BCUT2D eigenvalue weighted by molar-refractivity contribution is -0.136. The van der Waals surface area contributed by atoms with Crippen LogP contribution in [0.25, 0.3) is 22.3 Å². The van der Waals surface area contributed by atoms with Gasteiger partial charge in [-0.3, -0.25) is 9.78 Å². The Morgan fingerprint density at radius 1 is 0.786 bits per heavy atom. The fraction of sp³-hybridized carbons (Fsp3) is 0.0526. The van der Waals surface area contributed by atoms with Crippen molar-refractivity contribution >= 4 is 75.6 Å². The van der Waals surface area contributed by atoms with Gasteiger partial charge in [-0.25, -0.2) is 0 Å². The highest BCUT2D eigenvalue weighted by atomic mass is 35.5. The molecule has 0 spiro atoms. The SMILES string of the molecule is O=C(O)Cc1ncc(-c2cc(Cl)cc(Cl)c2Cl)cc1-c1cc(Cl)cc(Cl)c1Cl. The first-order chi connectivity index (χ1) is 13.2. The lowest BCUT2D eigenvalue weighted by atomic mass is 9.97. The molecule has 0 aliphatic carbocycles. The zero-order chi connectivity index (χ0) is 20.6. The van der Waals surface area contributed by atoms with Crippen molar-refractivity contribution in [2.24, 2.45) is 0 Å². The van der Waals surface area contributed by atoms with E-state index in [0.717, 1.165) is 0 Å². The van der Waals surface area contributed by atoms with Crippen LogP contribution >= 0.6 is 69.6 Å². The molecule has 0 aliphatic rings. The van der Waals surface area contributed by atoms with Crippen molar-refractivity contribution in [3.8, 4) is 22.3 Å². The maximum absolute atomic E-state index is 11.3. The largest absolute Gasteiger partial charge is 0.481 e. The molecule has 0 atom stereocenters. The Hall–Kier alpha value is -1.20. The van der Waals surface area contributed by atoms with E-state index >= 15 is 0 Å². The molecular formula is C19H9Cl6NO2. The zero-order valence-corrected chi connectivity index (χ0v) is 18.3. The van der Waals surface area contributed by atoms with Gasteiger partial charge in [0.25, 0.3) is 0 Å². The van der Waals surface area contributed by atoms with Gasteiger partial charge < -0.3 is 5.11 Å². The summed E-state index contributed by atoms with van der Waals surface area (Å²) in [5, 5.41) is 11.0. The number of carbonyl (C=O) groups is 1. The number of rotatable bonds is 4. The number of aliphatic carboxylic acids is 1. The molecule has 1 heterocycles. The molecular weight excluding hydrogens is 487 g/mol. The van der Waals surface area contributed by atoms with Crippen molar-refractivity contribution in [2.45, 2.75) is 6.42 Å². The quantitative estimate of drug-likeness (QED) is 0.373. The van der Waals surface area contributed by atoms with Gasteiger partial charge in [-0.1, -0.05) is 69.6 Å². The van der Waals surface area contributed by atoms with E-state index in [2.05, 4.69) is 4.98 Å². The number of carboxylic acid groups (broad SMARTS) is 1. The number of halogens is 6. The topological polar surface area (TPSA) is 50.2 Å². The van der Waals surface area contributed by atoms with Gasteiger partial charge in [0.05, 0.1) is 32.2 Å². The lowest BCUT2D eigenvalue weighted by Gasteiger charge is -2.14. The van der Waals surface area contributed by atoms with Gasteiger partial charge in [0.15, 0.2) is 0 Å². The van der Waals surface area contributed by atoms with Gasteiger partial charge in [0.1, 0.15) is 0 Å². The van der Waals surface area contributed by atoms with E-state index in [1.165, 1.54) is 18.3 Å². The number of benzene rings is 2. The van der Waals surface area contributed by atoms with E-state index in [-0.39, 0.29) is 21.5 Å². The van der Waals surface area contributed by atoms with Crippen molar-refractivity contribution in [3.63, 3.8) is 0 Å². The van der Waals surface area contributed by atoms with Crippen LogP contribution in [0.5, 0.6) is 0 Å². The first-order valence-electron chi connectivity index (χ1n) is 7.68. The van der Waals surface area contributed by atoms with Crippen LogP contribution in [0.1, 0.15) is 5.69 Å². The van der Waals surface area contributed by atoms with Crippen LogP contribution in [0.4, 0.5) is 0 Å². The summed E-state index contributed by atoms with van der Waals surface area (Å²) in [5.41, 5.74) is 2.32. The highest BCUT2D eigenvalue weighted by Gasteiger charge is 2.18. The Balaban J connectivity index is 2.29. The van der Waals surface area contributed by atoms with E-state index in [1.54, 1.807) is 18.2 Å². The van der Waals surface area contributed by atoms with Crippen LogP contribution in [0.15, 0.2) is 36.5 Å². The normalized spacial score (nSPS) is 10.9. The van der Waals surface area contributed by atoms with Crippen molar-refractivity contribution < 1.29 is 9.90 Å². The molecule has 1 N–H and O–H groups in total. The molecule has 3 rings (SSSR count). The van der Waals surface area contributed by atoms with E-state index in [4.69, 9.17) is 69.6 Å². The van der Waals surface area contributed by atoms with Gasteiger partial charge in [-0.2, -0.15) is 0 Å². The second kappa shape index (κ2) is 8.66. The van der Waals surface area contributed by atoms with Crippen molar-refractivity contribution in [1.82, 2.24) is 4.98 Å². The Kier molecular flexibility index (Phi) is 6.65. The van der Waals surface area contributed by atoms with Crippen LogP contribution in [0.2, 0.25) is 30.1 Å². The molecule has 0 fully saturated rings. The first kappa shape index (κ1) is 21.5. The van der Waals surface area contributed by atoms with E-state index in [1.807, 2.05) is 0 Å². The summed E-state index contributed by atoms with van der Waals surface area (Å²) < 4.78 is 0. The summed E-state index contributed by atoms with van der Waals surface area (Å²) in [6, 6.07) is 7.95. The molecule has 0 bridgehead atoms. The molecule has 144 valence electrons. The summed E-state index contributed by atoms with van der Waals surface area (Å²) >= 11 is 37.2. The average molecular weight is 496 g/mol. The Labute approximate surface area is 190 Å².